The molecule has 1 atom stereocenters. The maximum absolute atomic E-state index is 11.8. The Labute approximate surface area is 183 Å². The van der Waals surface area contributed by atoms with Crippen molar-refractivity contribution in [2.75, 3.05) is 40.3 Å². The number of aliphatic imine (C=N–C) groups is 1. The van der Waals surface area contributed by atoms with Crippen molar-refractivity contribution in [1.82, 2.24) is 20.5 Å². The van der Waals surface area contributed by atoms with Crippen LogP contribution < -0.4 is 10.6 Å². The van der Waals surface area contributed by atoms with Gasteiger partial charge in [-0.05, 0) is 37.3 Å². The summed E-state index contributed by atoms with van der Waals surface area (Å²) in [5.41, 5.74) is 1.08. The van der Waals surface area contributed by atoms with Gasteiger partial charge in [-0.25, -0.2) is 9.98 Å². The largest absolute Gasteiger partial charge is 0.376 e. The molecule has 1 aromatic heterocycles. The third-order valence-corrected chi connectivity index (χ3v) is 4.36. The summed E-state index contributed by atoms with van der Waals surface area (Å²) in [6.45, 7) is 2.28. The summed E-state index contributed by atoms with van der Waals surface area (Å²) in [6, 6.07) is 3.73. The van der Waals surface area contributed by atoms with Crippen LogP contribution in [0.4, 0.5) is 0 Å². The lowest BCUT2D eigenvalue weighted by atomic mass is 10.1. The Morgan fingerprint density at radius 3 is 2.81 bits per heavy atom. The van der Waals surface area contributed by atoms with E-state index in [2.05, 4.69) is 20.6 Å². The molecule has 0 saturated carbocycles. The SMILES string of the molecule is CN(C)C(=O)CN=C(NCCc1ccc(Cl)nc1)NCC1CCCCO1.I. The summed E-state index contributed by atoms with van der Waals surface area (Å²) >= 11 is 5.80. The van der Waals surface area contributed by atoms with E-state index in [4.69, 9.17) is 16.3 Å². The zero-order chi connectivity index (χ0) is 18.8. The van der Waals surface area contributed by atoms with Gasteiger partial charge in [-0.1, -0.05) is 17.7 Å². The van der Waals surface area contributed by atoms with E-state index in [0.717, 1.165) is 31.4 Å². The van der Waals surface area contributed by atoms with Gasteiger partial charge < -0.3 is 20.3 Å². The molecule has 1 saturated heterocycles. The van der Waals surface area contributed by atoms with Crippen LogP contribution in [-0.4, -0.2) is 68.2 Å². The van der Waals surface area contributed by atoms with Gasteiger partial charge in [-0.2, -0.15) is 0 Å². The van der Waals surface area contributed by atoms with Crippen LogP contribution >= 0.6 is 35.6 Å². The Morgan fingerprint density at radius 2 is 2.19 bits per heavy atom. The summed E-state index contributed by atoms with van der Waals surface area (Å²) in [5.74, 6) is 0.582. The van der Waals surface area contributed by atoms with Crippen molar-refractivity contribution >= 4 is 47.4 Å². The Bertz CT molecular complexity index is 592. The molecule has 0 aliphatic carbocycles. The number of carbonyl (C=O) groups excluding carboxylic acids is 1. The van der Waals surface area contributed by atoms with Crippen molar-refractivity contribution in [2.24, 2.45) is 4.99 Å². The monoisotopic (exact) mass is 509 g/mol. The van der Waals surface area contributed by atoms with Gasteiger partial charge >= 0.3 is 0 Å². The van der Waals surface area contributed by atoms with Crippen LogP contribution in [0, 0.1) is 0 Å². The van der Waals surface area contributed by atoms with Gasteiger partial charge in [0.1, 0.15) is 11.7 Å². The highest BCUT2D eigenvalue weighted by atomic mass is 127. The molecule has 2 rings (SSSR count). The van der Waals surface area contributed by atoms with E-state index in [1.165, 1.54) is 11.3 Å². The fourth-order valence-electron chi connectivity index (χ4n) is 2.52. The van der Waals surface area contributed by atoms with Crippen LogP contribution in [0.5, 0.6) is 0 Å². The molecule has 1 amide bonds. The first kappa shape index (κ1) is 23.9. The van der Waals surface area contributed by atoms with Crippen LogP contribution in [0.1, 0.15) is 24.8 Å². The van der Waals surface area contributed by atoms with E-state index in [1.807, 2.05) is 6.07 Å². The molecular weight excluding hydrogens is 481 g/mol. The molecule has 1 fully saturated rings. The number of nitrogens with zero attached hydrogens (tertiary/aromatic N) is 3. The van der Waals surface area contributed by atoms with Gasteiger partial charge in [0.25, 0.3) is 0 Å². The Kier molecular flexibility index (Phi) is 11.6. The van der Waals surface area contributed by atoms with E-state index in [-0.39, 0.29) is 42.5 Å². The maximum Gasteiger partial charge on any atom is 0.243 e. The molecule has 0 aromatic carbocycles. The lowest BCUT2D eigenvalue weighted by molar-refractivity contribution is -0.127. The fourth-order valence-corrected chi connectivity index (χ4v) is 2.63. The standard InChI is InChI=1S/C18H28ClN5O2.HI/c1-24(2)17(25)13-23-18(22-12-15-5-3-4-10-26-15)20-9-8-14-6-7-16(19)21-11-14;/h6-7,11,15H,3-5,8-10,12-13H2,1-2H3,(H2,20,22,23);1H. The first-order valence-corrected chi connectivity index (χ1v) is 9.37. The molecular formula is C18H29ClIN5O2. The molecule has 1 unspecified atom stereocenters. The average Bonchev–Trinajstić information content (AvgIpc) is 2.65. The molecule has 152 valence electrons. The number of aromatic nitrogens is 1. The van der Waals surface area contributed by atoms with Crippen molar-refractivity contribution in [3.63, 3.8) is 0 Å². The molecule has 7 nitrogen and oxygen atoms in total. The topological polar surface area (TPSA) is 78.9 Å². The molecule has 1 aromatic rings. The van der Waals surface area contributed by atoms with Gasteiger partial charge in [-0.15, -0.1) is 24.0 Å². The second-order valence-electron chi connectivity index (χ2n) is 6.49. The van der Waals surface area contributed by atoms with Crippen LogP contribution in [0.25, 0.3) is 0 Å². The van der Waals surface area contributed by atoms with Crippen molar-refractivity contribution in [3.8, 4) is 0 Å². The number of hydrogen-bond acceptors (Lipinski definition) is 4. The minimum atomic E-state index is -0.0399. The van der Waals surface area contributed by atoms with Crippen molar-refractivity contribution in [2.45, 2.75) is 31.8 Å². The summed E-state index contributed by atoms with van der Waals surface area (Å²) in [5, 5.41) is 7.04. The van der Waals surface area contributed by atoms with E-state index in [9.17, 15) is 4.79 Å². The molecule has 1 aliphatic heterocycles. The van der Waals surface area contributed by atoms with Crippen LogP contribution in [0.2, 0.25) is 5.15 Å². The Balaban J connectivity index is 0.00000364. The molecule has 2 N–H and O–H groups in total. The lowest BCUT2D eigenvalue weighted by Crippen LogP contribution is -2.43. The number of pyridine rings is 1. The molecule has 27 heavy (non-hydrogen) atoms. The minimum Gasteiger partial charge on any atom is -0.376 e. The molecule has 1 aliphatic rings. The highest BCUT2D eigenvalue weighted by Crippen LogP contribution is 2.11. The number of likely N-dealkylation sites (N-methyl/N-ethyl adjacent to an activating group) is 1. The lowest BCUT2D eigenvalue weighted by Gasteiger charge is -2.24. The second kappa shape index (κ2) is 13.1. The van der Waals surface area contributed by atoms with Gasteiger partial charge in [0.2, 0.25) is 5.91 Å². The van der Waals surface area contributed by atoms with Gasteiger partial charge in [0, 0.05) is 40.0 Å². The number of ether oxygens (including phenoxy) is 1. The maximum atomic E-state index is 11.8. The third-order valence-electron chi connectivity index (χ3n) is 4.14. The molecule has 9 heteroatoms. The quantitative estimate of drug-likeness (QED) is 0.255. The summed E-state index contributed by atoms with van der Waals surface area (Å²) < 4.78 is 5.74. The normalized spacial score (nSPS) is 17.0. The smallest absolute Gasteiger partial charge is 0.243 e. The van der Waals surface area contributed by atoms with Gasteiger partial charge in [-0.3, -0.25) is 4.79 Å². The number of nitrogens with one attached hydrogen (secondary N) is 2. The third kappa shape index (κ3) is 9.57. The number of rotatable bonds is 7. The van der Waals surface area contributed by atoms with Crippen LogP contribution in [0.15, 0.2) is 23.3 Å². The Morgan fingerprint density at radius 1 is 1.37 bits per heavy atom. The number of carbonyl (C=O) groups is 1. The van der Waals surface area contributed by atoms with Gasteiger partial charge in [0.15, 0.2) is 5.96 Å². The highest BCUT2D eigenvalue weighted by Gasteiger charge is 2.14. The molecule has 0 radical (unpaired) electrons. The number of hydrogen-bond donors (Lipinski definition) is 2. The zero-order valence-electron chi connectivity index (χ0n) is 15.9. The zero-order valence-corrected chi connectivity index (χ0v) is 19.0. The van der Waals surface area contributed by atoms with Crippen molar-refractivity contribution < 1.29 is 9.53 Å². The van der Waals surface area contributed by atoms with E-state index >= 15 is 0 Å². The van der Waals surface area contributed by atoms with E-state index in [0.29, 0.717) is 24.2 Å². The van der Waals surface area contributed by atoms with Crippen molar-refractivity contribution in [1.29, 1.82) is 0 Å². The second-order valence-corrected chi connectivity index (χ2v) is 6.88. The first-order chi connectivity index (χ1) is 12.5. The van der Waals surface area contributed by atoms with Gasteiger partial charge in [0.05, 0.1) is 6.10 Å². The molecule has 0 bridgehead atoms. The predicted octanol–water partition coefficient (Wildman–Crippen LogP) is 2.09. The highest BCUT2D eigenvalue weighted by molar-refractivity contribution is 14.0. The summed E-state index contributed by atoms with van der Waals surface area (Å²) in [4.78, 5) is 21.8. The predicted molar refractivity (Wildman–Crippen MR) is 119 cm³/mol. The van der Waals surface area contributed by atoms with Crippen molar-refractivity contribution in [3.05, 3.63) is 29.0 Å². The number of amides is 1. The van der Waals surface area contributed by atoms with E-state index < -0.39 is 0 Å². The van der Waals surface area contributed by atoms with Crippen LogP contribution in [-0.2, 0) is 16.0 Å². The van der Waals surface area contributed by atoms with E-state index in [1.54, 1.807) is 26.4 Å². The summed E-state index contributed by atoms with van der Waals surface area (Å²) in [7, 11) is 3.45. The fraction of sp³-hybridized carbons (Fsp3) is 0.611. The number of guanidine groups is 1. The Hall–Kier alpha value is -1.13. The molecule has 2 heterocycles. The minimum absolute atomic E-state index is 0. The first-order valence-electron chi connectivity index (χ1n) is 8.99. The number of halogens is 2. The molecule has 0 spiro atoms. The summed E-state index contributed by atoms with van der Waals surface area (Å²) in [6.07, 6.45) is 6.11. The van der Waals surface area contributed by atoms with Crippen LogP contribution in [0.3, 0.4) is 0 Å². The average molecular weight is 510 g/mol.